The number of aliphatic hydroxyl groups excluding tert-OH is 1. The monoisotopic (exact) mass is 342 g/mol. The zero-order valence-electron chi connectivity index (χ0n) is 14.7. The SMILES string of the molecule is CCN(CC(=O)Nc1ccc(N2CCC(O)CC2)c(C#N)c1)C1CC1. The zero-order valence-corrected chi connectivity index (χ0v) is 14.7. The van der Waals surface area contributed by atoms with Gasteiger partial charge in [-0.05, 0) is 50.4 Å². The number of likely N-dealkylation sites (N-methyl/N-ethyl adjacent to an activating group) is 1. The van der Waals surface area contributed by atoms with Gasteiger partial charge in [-0.1, -0.05) is 6.92 Å². The first-order valence-corrected chi connectivity index (χ1v) is 9.11. The highest BCUT2D eigenvalue weighted by molar-refractivity contribution is 5.92. The van der Waals surface area contributed by atoms with E-state index in [0.29, 0.717) is 23.8 Å². The molecule has 1 saturated carbocycles. The summed E-state index contributed by atoms with van der Waals surface area (Å²) >= 11 is 0. The predicted octanol–water partition coefficient (Wildman–Crippen LogP) is 1.94. The summed E-state index contributed by atoms with van der Waals surface area (Å²) in [6.45, 7) is 4.84. The molecule has 0 bridgehead atoms. The first-order valence-electron chi connectivity index (χ1n) is 9.11. The molecule has 1 aliphatic heterocycles. The van der Waals surface area contributed by atoms with Crippen molar-refractivity contribution in [3.63, 3.8) is 0 Å². The third kappa shape index (κ3) is 4.50. The smallest absolute Gasteiger partial charge is 0.238 e. The van der Waals surface area contributed by atoms with E-state index >= 15 is 0 Å². The van der Waals surface area contributed by atoms with Crippen molar-refractivity contribution in [2.75, 3.05) is 36.4 Å². The van der Waals surface area contributed by atoms with Crippen LogP contribution in [0.15, 0.2) is 18.2 Å². The van der Waals surface area contributed by atoms with E-state index in [4.69, 9.17) is 0 Å². The molecule has 3 rings (SSSR count). The summed E-state index contributed by atoms with van der Waals surface area (Å²) in [5.41, 5.74) is 2.10. The fourth-order valence-corrected chi connectivity index (χ4v) is 3.41. The summed E-state index contributed by atoms with van der Waals surface area (Å²) in [5.74, 6) is -0.0357. The number of nitrogens with zero attached hydrogens (tertiary/aromatic N) is 3. The van der Waals surface area contributed by atoms with Gasteiger partial charge in [-0.3, -0.25) is 9.69 Å². The minimum atomic E-state index is -0.242. The van der Waals surface area contributed by atoms with Crippen molar-refractivity contribution in [2.24, 2.45) is 0 Å². The van der Waals surface area contributed by atoms with Gasteiger partial charge in [0.2, 0.25) is 5.91 Å². The van der Waals surface area contributed by atoms with Crippen LogP contribution < -0.4 is 10.2 Å². The number of amides is 1. The van der Waals surface area contributed by atoms with Gasteiger partial charge in [0.25, 0.3) is 0 Å². The Hall–Kier alpha value is -2.10. The molecule has 1 aliphatic carbocycles. The molecule has 2 N–H and O–H groups in total. The van der Waals surface area contributed by atoms with Crippen LogP contribution in [0.5, 0.6) is 0 Å². The summed E-state index contributed by atoms with van der Waals surface area (Å²) in [4.78, 5) is 16.6. The number of piperidine rings is 1. The number of benzene rings is 1. The molecule has 1 saturated heterocycles. The van der Waals surface area contributed by atoms with Gasteiger partial charge in [0, 0.05) is 24.8 Å². The molecule has 6 nitrogen and oxygen atoms in total. The molecule has 0 spiro atoms. The minimum absolute atomic E-state index is 0.0357. The molecular formula is C19H26N4O2. The van der Waals surface area contributed by atoms with Gasteiger partial charge in [-0.25, -0.2) is 0 Å². The maximum atomic E-state index is 12.3. The van der Waals surface area contributed by atoms with E-state index in [1.54, 1.807) is 6.07 Å². The fourth-order valence-electron chi connectivity index (χ4n) is 3.41. The quantitative estimate of drug-likeness (QED) is 0.826. The number of carbonyl (C=O) groups excluding carboxylic acids is 1. The molecule has 0 radical (unpaired) electrons. The molecule has 1 aromatic carbocycles. The van der Waals surface area contributed by atoms with Crippen molar-refractivity contribution in [1.29, 1.82) is 5.26 Å². The first-order chi connectivity index (χ1) is 12.1. The molecule has 0 aromatic heterocycles. The summed E-state index contributed by atoms with van der Waals surface area (Å²) in [6.07, 6.45) is 3.56. The first kappa shape index (κ1) is 17.7. The van der Waals surface area contributed by atoms with E-state index in [1.165, 1.54) is 12.8 Å². The Labute approximate surface area is 149 Å². The van der Waals surface area contributed by atoms with Crippen LogP contribution in [0.25, 0.3) is 0 Å². The Morgan fingerprint density at radius 3 is 2.68 bits per heavy atom. The highest BCUT2D eigenvalue weighted by atomic mass is 16.3. The van der Waals surface area contributed by atoms with E-state index in [2.05, 4.69) is 28.1 Å². The Morgan fingerprint density at radius 1 is 1.36 bits per heavy atom. The minimum Gasteiger partial charge on any atom is -0.393 e. The molecule has 25 heavy (non-hydrogen) atoms. The summed E-state index contributed by atoms with van der Waals surface area (Å²) in [5, 5.41) is 22.0. The molecule has 1 heterocycles. The van der Waals surface area contributed by atoms with Crippen molar-refractivity contribution in [1.82, 2.24) is 4.90 Å². The van der Waals surface area contributed by atoms with E-state index in [9.17, 15) is 15.2 Å². The fraction of sp³-hybridized carbons (Fsp3) is 0.579. The van der Waals surface area contributed by atoms with Crippen molar-refractivity contribution in [3.8, 4) is 6.07 Å². The van der Waals surface area contributed by atoms with Crippen LogP contribution in [-0.2, 0) is 4.79 Å². The summed E-state index contributed by atoms with van der Waals surface area (Å²) in [6, 6.07) is 8.28. The van der Waals surface area contributed by atoms with Crippen LogP contribution in [-0.4, -0.2) is 54.2 Å². The number of nitrogens with one attached hydrogen (secondary N) is 1. The van der Waals surface area contributed by atoms with Crippen molar-refractivity contribution in [3.05, 3.63) is 23.8 Å². The zero-order chi connectivity index (χ0) is 17.8. The topological polar surface area (TPSA) is 79.6 Å². The third-order valence-electron chi connectivity index (χ3n) is 5.02. The van der Waals surface area contributed by atoms with E-state index in [0.717, 1.165) is 38.2 Å². The number of rotatable bonds is 6. The second-order valence-corrected chi connectivity index (χ2v) is 6.90. The lowest BCUT2D eigenvalue weighted by atomic mass is 10.0. The maximum Gasteiger partial charge on any atom is 0.238 e. The molecular weight excluding hydrogens is 316 g/mol. The van der Waals surface area contributed by atoms with E-state index in [-0.39, 0.29) is 12.0 Å². The summed E-state index contributed by atoms with van der Waals surface area (Å²) in [7, 11) is 0. The summed E-state index contributed by atoms with van der Waals surface area (Å²) < 4.78 is 0. The van der Waals surface area contributed by atoms with Crippen LogP contribution in [0.1, 0.15) is 38.2 Å². The average molecular weight is 342 g/mol. The molecule has 0 atom stereocenters. The second kappa shape index (κ2) is 7.85. The Kier molecular flexibility index (Phi) is 5.57. The van der Waals surface area contributed by atoms with Gasteiger partial charge in [0.1, 0.15) is 6.07 Å². The van der Waals surface area contributed by atoms with Gasteiger partial charge in [0.15, 0.2) is 0 Å². The number of carbonyl (C=O) groups is 1. The third-order valence-corrected chi connectivity index (χ3v) is 5.02. The van der Waals surface area contributed by atoms with E-state index in [1.807, 2.05) is 12.1 Å². The van der Waals surface area contributed by atoms with Crippen LogP contribution in [0.3, 0.4) is 0 Å². The van der Waals surface area contributed by atoms with Gasteiger partial charge in [-0.15, -0.1) is 0 Å². The molecule has 1 amide bonds. The highest BCUT2D eigenvalue weighted by Gasteiger charge is 2.29. The number of hydrogen-bond donors (Lipinski definition) is 2. The molecule has 134 valence electrons. The Bertz CT molecular complexity index is 658. The average Bonchev–Trinajstić information content (AvgIpc) is 3.45. The van der Waals surface area contributed by atoms with Gasteiger partial charge >= 0.3 is 0 Å². The molecule has 2 aliphatic rings. The van der Waals surface area contributed by atoms with Crippen molar-refractivity contribution < 1.29 is 9.90 Å². The normalized spacial score (nSPS) is 18.2. The lowest BCUT2D eigenvalue weighted by molar-refractivity contribution is -0.117. The number of hydrogen-bond acceptors (Lipinski definition) is 5. The van der Waals surface area contributed by atoms with Crippen molar-refractivity contribution in [2.45, 2.75) is 44.8 Å². The number of anilines is 2. The van der Waals surface area contributed by atoms with Gasteiger partial charge in [0.05, 0.1) is 23.9 Å². The number of nitriles is 1. The molecule has 6 heteroatoms. The van der Waals surface area contributed by atoms with Crippen molar-refractivity contribution >= 4 is 17.3 Å². The Balaban J connectivity index is 1.64. The molecule has 2 fully saturated rings. The largest absolute Gasteiger partial charge is 0.393 e. The second-order valence-electron chi connectivity index (χ2n) is 6.90. The molecule has 1 aromatic rings. The maximum absolute atomic E-state index is 12.3. The lowest BCUT2D eigenvalue weighted by Crippen LogP contribution is -2.36. The predicted molar refractivity (Wildman–Crippen MR) is 97.5 cm³/mol. The lowest BCUT2D eigenvalue weighted by Gasteiger charge is -2.32. The van der Waals surface area contributed by atoms with Crippen LogP contribution >= 0.6 is 0 Å². The highest BCUT2D eigenvalue weighted by Crippen LogP contribution is 2.28. The van der Waals surface area contributed by atoms with Crippen LogP contribution in [0.2, 0.25) is 0 Å². The van der Waals surface area contributed by atoms with Gasteiger partial charge in [-0.2, -0.15) is 5.26 Å². The van der Waals surface area contributed by atoms with Crippen LogP contribution in [0.4, 0.5) is 11.4 Å². The van der Waals surface area contributed by atoms with Gasteiger partial charge < -0.3 is 15.3 Å². The number of aliphatic hydroxyl groups is 1. The molecule has 0 unspecified atom stereocenters. The standard InChI is InChI=1S/C19H26N4O2/c1-2-22(16-4-5-16)13-19(25)21-15-3-6-18(14(11-15)12-20)23-9-7-17(24)8-10-23/h3,6,11,16-17,24H,2,4-5,7-10,13H2,1H3,(H,21,25). The Morgan fingerprint density at radius 2 is 2.08 bits per heavy atom. The van der Waals surface area contributed by atoms with E-state index < -0.39 is 0 Å². The van der Waals surface area contributed by atoms with Crippen LogP contribution in [0, 0.1) is 11.3 Å².